The highest BCUT2D eigenvalue weighted by molar-refractivity contribution is 5.95. The van der Waals surface area contributed by atoms with Gasteiger partial charge in [0.2, 0.25) is 0 Å². The van der Waals surface area contributed by atoms with Crippen LogP contribution in [0.3, 0.4) is 0 Å². The lowest BCUT2D eigenvalue weighted by molar-refractivity contribution is 0.0527. The molecule has 0 aliphatic heterocycles. The Balaban J connectivity index is 2.58. The van der Waals surface area contributed by atoms with E-state index in [0.29, 0.717) is 23.7 Å². The number of carbonyl (C=O) groups is 1. The number of hydrogen-bond donors (Lipinski definition) is 2. The standard InChI is InChI=1S/C15H25N3O2/c1-4-20-15(19)13-9-12(16)10-18-14(13)17-8-6-5-7-11(2)3/h9-11H,4-8,16H2,1-3H3,(H,17,18). The third-order valence-corrected chi connectivity index (χ3v) is 2.90. The molecule has 0 unspecified atom stereocenters. The van der Waals surface area contributed by atoms with Crippen LogP contribution in [0.4, 0.5) is 11.5 Å². The van der Waals surface area contributed by atoms with E-state index in [0.717, 1.165) is 25.3 Å². The van der Waals surface area contributed by atoms with Crippen molar-refractivity contribution in [3.63, 3.8) is 0 Å². The molecule has 112 valence electrons. The van der Waals surface area contributed by atoms with Crippen LogP contribution in [-0.2, 0) is 4.74 Å². The van der Waals surface area contributed by atoms with E-state index in [1.807, 2.05) is 0 Å². The van der Waals surface area contributed by atoms with Crippen LogP contribution in [0.5, 0.6) is 0 Å². The van der Waals surface area contributed by atoms with Crippen LogP contribution in [-0.4, -0.2) is 24.1 Å². The second-order valence-corrected chi connectivity index (χ2v) is 5.20. The lowest BCUT2D eigenvalue weighted by Crippen LogP contribution is -2.13. The predicted octanol–water partition coefficient (Wildman–Crippen LogP) is 3.08. The van der Waals surface area contributed by atoms with Gasteiger partial charge in [-0.2, -0.15) is 0 Å². The van der Waals surface area contributed by atoms with Crippen LogP contribution in [0.15, 0.2) is 12.3 Å². The number of hydrogen-bond acceptors (Lipinski definition) is 5. The maximum absolute atomic E-state index is 11.8. The molecular formula is C15H25N3O2. The van der Waals surface area contributed by atoms with Crippen molar-refractivity contribution in [1.82, 2.24) is 4.98 Å². The average Bonchev–Trinajstić information content (AvgIpc) is 2.39. The molecule has 5 heteroatoms. The number of rotatable bonds is 8. The van der Waals surface area contributed by atoms with E-state index >= 15 is 0 Å². The molecule has 0 saturated heterocycles. The van der Waals surface area contributed by atoms with Crippen molar-refractivity contribution in [2.45, 2.75) is 40.0 Å². The van der Waals surface area contributed by atoms with Gasteiger partial charge in [0.15, 0.2) is 0 Å². The van der Waals surface area contributed by atoms with Crippen molar-refractivity contribution in [3.05, 3.63) is 17.8 Å². The SMILES string of the molecule is CCOC(=O)c1cc(N)cnc1NCCCCC(C)C. The van der Waals surface area contributed by atoms with E-state index in [-0.39, 0.29) is 0 Å². The van der Waals surface area contributed by atoms with Gasteiger partial charge in [-0.25, -0.2) is 9.78 Å². The number of anilines is 2. The minimum Gasteiger partial charge on any atom is -0.462 e. The molecule has 1 aromatic rings. The predicted molar refractivity (Wildman–Crippen MR) is 81.8 cm³/mol. The molecule has 0 aromatic carbocycles. The highest BCUT2D eigenvalue weighted by atomic mass is 16.5. The summed E-state index contributed by atoms with van der Waals surface area (Å²) in [6.45, 7) is 7.33. The highest BCUT2D eigenvalue weighted by Gasteiger charge is 2.14. The van der Waals surface area contributed by atoms with E-state index < -0.39 is 5.97 Å². The zero-order valence-electron chi connectivity index (χ0n) is 12.6. The summed E-state index contributed by atoms with van der Waals surface area (Å²) < 4.78 is 5.01. The van der Waals surface area contributed by atoms with Gasteiger partial charge >= 0.3 is 5.97 Å². The molecule has 0 saturated carbocycles. The van der Waals surface area contributed by atoms with Gasteiger partial charge in [-0.15, -0.1) is 0 Å². The fourth-order valence-electron chi connectivity index (χ4n) is 1.87. The van der Waals surface area contributed by atoms with Gasteiger partial charge < -0.3 is 15.8 Å². The van der Waals surface area contributed by atoms with Crippen molar-refractivity contribution in [3.8, 4) is 0 Å². The van der Waals surface area contributed by atoms with E-state index in [1.54, 1.807) is 19.2 Å². The van der Waals surface area contributed by atoms with Crippen molar-refractivity contribution in [2.24, 2.45) is 5.92 Å². The Kier molecular flexibility index (Phi) is 6.84. The van der Waals surface area contributed by atoms with Gasteiger partial charge in [0.05, 0.1) is 18.5 Å². The van der Waals surface area contributed by atoms with Crippen LogP contribution in [0.2, 0.25) is 0 Å². The number of pyridine rings is 1. The molecule has 0 aliphatic rings. The number of ether oxygens (including phenoxy) is 1. The third-order valence-electron chi connectivity index (χ3n) is 2.90. The number of aromatic nitrogens is 1. The fourth-order valence-corrected chi connectivity index (χ4v) is 1.87. The van der Waals surface area contributed by atoms with Crippen LogP contribution < -0.4 is 11.1 Å². The van der Waals surface area contributed by atoms with Gasteiger partial charge in [-0.3, -0.25) is 0 Å². The number of unbranched alkanes of at least 4 members (excludes halogenated alkanes) is 1. The van der Waals surface area contributed by atoms with Crippen molar-refractivity contribution >= 4 is 17.5 Å². The van der Waals surface area contributed by atoms with Crippen molar-refractivity contribution < 1.29 is 9.53 Å². The lowest BCUT2D eigenvalue weighted by atomic mass is 10.1. The topological polar surface area (TPSA) is 77.2 Å². The molecule has 5 nitrogen and oxygen atoms in total. The summed E-state index contributed by atoms with van der Waals surface area (Å²) in [5, 5.41) is 3.19. The lowest BCUT2D eigenvalue weighted by Gasteiger charge is -2.11. The van der Waals surface area contributed by atoms with Crippen molar-refractivity contribution in [2.75, 3.05) is 24.2 Å². The quantitative estimate of drug-likeness (QED) is 0.565. The van der Waals surface area contributed by atoms with Crippen LogP contribution in [0.1, 0.15) is 50.4 Å². The molecule has 1 heterocycles. The first-order valence-electron chi connectivity index (χ1n) is 7.21. The Morgan fingerprint density at radius 1 is 1.45 bits per heavy atom. The van der Waals surface area contributed by atoms with Crippen LogP contribution >= 0.6 is 0 Å². The Morgan fingerprint density at radius 3 is 2.85 bits per heavy atom. The van der Waals surface area contributed by atoms with Gasteiger partial charge in [0.25, 0.3) is 0 Å². The van der Waals surface area contributed by atoms with Gasteiger partial charge in [-0.1, -0.05) is 26.7 Å². The molecule has 0 amide bonds. The first kappa shape index (κ1) is 16.3. The van der Waals surface area contributed by atoms with E-state index in [9.17, 15) is 4.79 Å². The second-order valence-electron chi connectivity index (χ2n) is 5.20. The monoisotopic (exact) mass is 279 g/mol. The summed E-state index contributed by atoms with van der Waals surface area (Å²) in [7, 11) is 0. The number of nitrogens with zero attached hydrogens (tertiary/aromatic N) is 1. The van der Waals surface area contributed by atoms with Gasteiger partial charge in [0, 0.05) is 6.54 Å². The highest BCUT2D eigenvalue weighted by Crippen LogP contribution is 2.17. The maximum Gasteiger partial charge on any atom is 0.341 e. The first-order valence-corrected chi connectivity index (χ1v) is 7.21. The average molecular weight is 279 g/mol. The molecule has 0 spiro atoms. The fraction of sp³-hybridized carbons (Fsp3) is 0.600. The first-order chi connectivity index (χ1) is 9.54. The Labute approximate surface area is 120 Å². The molecule has 1 rings (SSSR count). The summed E-state index contributed by atoms with van der Waals surface area (Å²) in [5.74, 6) is 0.874. The smallest absolute Gasteiger partial charge is 0.341 e. The minimum atomic E-state index is -0.392. The second kappa shape index (κ2) is 8.40. The molecule has 0 aliphatic carbocycles. The summed E-state index contributed by atoms with van der Waals surface area (Å²) >= 11 is 0. The normalized spacial score (nSPS) is 10.6. The molecule has 0 radical (unpaired) electrons. The van der Waals surface area contributed by atoms with Gasteiger partial charge in [0.1, 0.15) is 11.4 Å². The summed E-state index contributed by atoms with van der Waals surface area (Å²) in [4.78, 5) is 16.0. The summed E-state index contributed by atoms with van der Waals surface area (Å²) in [5.41, 5.74) is 6.53. The number of carbonyl (C=O) groups excluding carboxylic acids is 1. The van der Waals surface area contributed by atoms with Gasteiger partial charge in [-0.05, 0) is 25.3 Å². The zero-order chi connectivity index (χ0) is 15.0. The Bertz CT molecular complexity index is 433. The molecule has 20 heavy (non-hydrogen) atoms. The summed E-state index contributed by atoms with van der Waals surface area (Å²) in [6.07, 6.45) is 4.96. The van der Waals surface area contributed by atoms with E-state index in [2.05, 4.69) is 24.1 Å². The number of nitrogen functional groups attached to an aromatic ring is 1. The molecular weight excluding hydrogens is 254 g/mol. The largest absolute Gasteiger partial charge is 0.462 e. The van der Waals surface area contributed by atoms with E-state index in [4.69, 9.17) is 10.5 Å². The number of nitrogens with two attached hydrogens (primary N) is 1. The zero-order valence-corrected chi connectivity index (χ0v) is 12.6. The maximum atomic E-state index is 11.8. The molecule has 3 N–H and O–H groups in total. The summed E-state index contributed by atoms with van der Waals surface area (Å²) in [6, 6.07) is 1.60. The Hall–Kier alpha value is -1.78. The molecule has 0 fully saturated rings. The van der Waals surface area contributed by atoms with Crippen LogP contribution in [0.25, 0.3) is 0 Å². The number of nitrogens with one attached hydrogen (secondary N) is 1. The Morgan fingerprint density at radius 2 is 2.20 bits per heavy atom. The van der Waals surface area contributed by atoms with Crippen molar-refractivity contribution in [1.29, 1.82) is 0 Å². The van der Waals surface area contributed by atoms with E-state index in [1.165, 1.54) is 6.42 Å². The number of esters is 1. The van der Waals surface area contributed by atoms with Crippen LogP contribution in [0, 0.1) is 5.92 Å². The molecule has 0 bridgehead atoms. The molecule has 0 atom stereocenters. The third kappa shape index (κ3) is 5.47. The molecule has 1 aromatic heterocycles. The minimum absolute atomic E-state index is 0.335.